The second-order valence-corrected chi connectivity index (χ2v) is 9.20. The third-order valence-electron chi connectivity index (χ3n) is 5.18. The Morgan fingerprint density at radius 2 is 1.69 bits per heavy atom. The van der Waals surface area contributed by atoms with Gasteiger partial charge in [0.2, 0.25) is 0 Å². The molecule has 0 aliphatic carbocycles. The van der Waals surface area contributed by atoms with Gasteiger partial charge in [0.15, 0.2) is 9.84 Å². The van der Waals surface area contributed by atoms with E-state index in [0.717, 1.165) is 12.1 Å². The number of nitrogens with zero attached hydrogens (tertiary/aromatic N) is 1. The Bertz CT molecular complexity index is 1230. The molecule has 0 N–H and O–H groups in total. The minimum Gasteiger partial charge on any atom is -0.422 e. The fourth-order valence-electron chi connectivity index (χ4n) is 3.57. The molecule has 1 fully saturated rings. The molecule has 0 radical (unpaired) electrons. The Labute approximate surface area is 166 Å². The number of halogens is 1. The van der Waals surface area contributed by atoms with Crippen LogP contribution in [0.4, 0.5) is 4.39 Å². The van der Waals surface area contributed by atoms with Crippen molar-refractivity contribution in [2.75, 3.05) is 13.1 Å². The van der Waals surface area contributed by atoms with Crippen molar-refractivity contribution < 1.29 is 22.0 Å². The standard InChI is InChI=1S/C21H18FNO5S/c22-15-5-7-16(8-6-15)29(26,27)17-9-11-23(12-10-17)20(24)18-13-14-3-1-2-4-19(14)28-21(18)25/h1-8,13,17H,9-12H2. The van der Waals surface area contributed by atoms with Crippen LogP contribution in [-0.4, -0.2) is 37.6 Å². The van der Waals surface area contributed by atoms with Crippen LogP contribution in [0.1, 0.15) is 23.2 Å². The number of sulfone groups is 1. The van der Waals surface area contributed by atoms with Gasteiger partial charge in [-0.25, -0.2) is 17.6 Å². The summed E-state index contributed by atoms with van der Waals surface area (Å²) in [5.41, 5.74) is -0.378. The number of para-hydroxylation sites is 1. The molecule has 8 heteroatoms. The van der Waals surface area contributed by atoms with Gasteiger partial charge < -0.3 is 9.32 Å². The lowest BCUT2D eigenvalue weighted by atomic mass is 10.1. The highest BCUT2D eigenvalue weighted by Gasteiger charge is 2.33. The summed E-state index contributed by atoms with van der Waals surface area (Å²) in [7, 11) is -3.61. The molecule has 0 bridgehead atoms. The van der Waals surface area contributed by atoms with E-state index in [1.54, 1.807) is 24.3 Å². The summed E-state index contributed by atoms with van der Waals surface area (Å²) >= 11 is 0. The van der Waals surface area contributed by atoms with Crippen LogP contribution in [0.3, 0.4) is 0 Å². The predicted octanol–water partition coefficient (Wildman–Crippen LogP) is 3.01. The summed E-state index contributed by atoms with van der Waals surface area (Å²) < 4.78 is 43.8. The highest BCUT2D eigenvalue weighted by Crippen LogP contribution is 2.25. The molecule has 150 valence electrons. The number of benzene rings is 2. The van der Waals surface area contributed by atoms with Crippen LogP contribution in [0.15, 0.2) is 68.7 Å². The van der Waals surface area contributed by atoms with Crippen LogP contribution in [0.2, 0.25) is 0 Å². The highest BCUT2D eigenvalue weighted by atomic mass is 32.2. The van der Waals surface area contributed by atoms with Crippen molar-refractivity contribution in [3.63, 3.8) is 0 Å². The Kier molecular flexibility index (Phi) is 4.96. The zero-order valence-electron chi connectivity index (χ0n) is 15.4. The van der Waals surface area contributed by atoms with E-state index < -0.39 is 32.4 Å². The first kappa shape index (κ1) is 19.3. The number of rotatable bonds is 3. The number of fused-ring (bicyclic) bond motifs is 1. The van der Waals surface area contributed by atoms with E-state index in [1.165, 1.54) is 23.1 Å². The molecule has 2 heterocycles. The van der Waals surface area contributed by atoms with E-state index >= 15 is 0 Å². The first-order valence-corrected chi connectivity index (χ1v) is 10.7. The van der Waals surface area contributed by atoms with E-state index in [-0.39, 0.29) is 36.4 Å². The smallest absolute Gasteiger partial charge is 0.349 e. The van der Waals surface area contributed by atoms with Gasteiger partial charge >= 0.3 is 5.63 Å². The minimum absolute atomic E-state index is 0.0662. The average Bonchev–Trinajstić information content (AvgIpc) is 2.73. The normalized spacial score (nSPS) is 15.6. The lowest BCUT2D eigenvalue weighted by molar-refractivity contribution is 0.0721. The SMILES string of the molecule is O=C(c1cc2ccccc2oc1=O)N1CCC(S(=O)(=O)c2ccc(F)cc2)CC1. The summed E-state index contributed by atoms with van der Waals surface area (Å²) in [6, 6.07) is 13.2. The van der Waals surface area contributed by atoms with E-state index in [9.17, 15) is 22.4 Å². The quantitative estimate of drug-likeness (QED) is 0.485. The van der Waals surface area contributed by atoms with Crippen LogP contribution < -0.4 is 5.63 Å². The van der Waals surface area contributed by atoms with Crippen LogP contribution in [0.5, 0.6) is 0 Å². The first-order valence-electron chi connectivity index (χ1n) is 9.18. The Morgan fingerprint density at radius 3 is 2.38 bits per heavy atom. The van der Waals surface area contributed by atoms with Crippen LogP contribution in [0.25, 0.3) is 11.0 Å². The second-order valence-electron chi connectivity index (χ2n) is 6.98. The monoisotopic (exact) mass is 415 g/mol. The number of piperidine rings is 1. The van der Waals surface area contributed by atoms with Gasteiger partial charge in [-0.3, -0.25) is 4.79 Å². The third kappa shape index (κ3) is 3.67. The van der Waals surface area contributed by atoms with Crippen molar-refractivity contribution >= 4 is 26.7 Å². The maximum Gasteiger partial charge on any atom is 0.349 e. The van der Waals surface area contributed by atoms with Crippen molar-refractivity contribution in [1.82, 2.24) is 4.90 Å². The molecule has 1 aliphatic heterocycles. The number of amides is 1. The van der Waals surface area contributed by atoms with Crippen molar-refractivity contribution in [2.24, 2.45) is 0 Å². The molecule has 0 spiro atoms. The predicted molar refractivity (Wildman–Crippen MR) is 105 cm³/mol. The molecule has 1 aliphatic rings. The van der Waals surface area contributed by atoms with Gasteiger partial charge in [-0.1, -0.05) is 18.2 Å². The van der Waals surface area contributed by atoms with Crippen molar-refractivity contribution in [3.05, 3.63) is 76.4 Å². The molecule has 1 aromatic heterocycles. The molecular weight excluding hydrogens is 397 g/mol. The van der Waals surface area contributed by atoms with E-state index in [1.807, 2.05) is 0 Å². The number of hydrogen-bond donors (Lipinski definition) is 0. The number of hydrogen-bond acceptors (Lipinski definition) is 5. The van der Waals surface area contributed by atoms with Gasteiger partial charge in [0.25, 0.3) is 5.91 Å². The highest BCUT2D eigenvalue weighted by molar-refractivity contribution is 7.92. The van der Waals surface area contributed by atoms with Crippen molar-refractivity contribution in [1.29, 1.82) is 0 Å². The number of carbonyl (C=O) groups is 1. The molecule has 1 amide bonds. The molecular formula is C21H18FNO5S. The van der Waals surface area contributed by atoms with Gasteiger partial charge in [-0.05, 0) is 49.2 Å². The lowest BCUT2D eigenvalue weighted by Crippen LogP contribution is -2.43. The van der Waals surface area contributed by atoms with Gasteiger partial charge in [-0.15, -0.1) is 0 Å². The van der Waals surface area contributed by atoms with E-state index in [4.69, 9.17) is 4.42 Å². The third-order valence-corrected chi connectivity index (χ3v) is 7.46. The Hall–Kier alpha value is -3.00. The Balaban J connectivity index is 1.51. The molecule has 29 heavy (non-hydrogen) atoms. The molecule has 6 nitrogen and oxygen atoms in total. The molecule has 0 saturated carbocycles. The summed E-state index contributed by atoms with van der Waals surface area (Å²) in [6.45, 7) is 0.409. The molecule has 4 rings (SSSR count). The van der Waals surface area contributed by atoms with Crippen LogP contribution in [-0.2, 0) is 9.84 Å². The molecule has 3 aromatic rings. The Morgan fingerprint density at radius 1 is 1.03 bits per heavy atom. The average molecular weight is 415 g/mol. The van der Waals surface area contributed by atoms with E-state index in [2.05, 4.69) is 0 Å². The topological polar surface area (TPSA) is 84.7 Å². The number of carbonyl (C=O) groups excluding carboxylic acids is 1. The van der Waals surface area contributed by atoms with E-state index in [0.29, 0.717) is 11.0 Å². The maximum atomic E-state index is 13.1. The summed E-state index contributed by atoms with van der Waals surface area (Å²) in [5, 5.41) is -0.0192. The summed E-state index contributed by atoms with van der Waals surface area (Å²) in [4.78, 5) is 26.6. The summed E-state index contributed by atoms with van der Waals surface area (Å²) in [6.07, 6.45) is 0.481. The zero-order chi connectivity index (χ0) is 20.6. The molecule has 1 saturated heterocycles. The van der Waals surface area contributed by atoms with Crippen LogP contribution in [0, 0.1) is 5.82 Å². The molecule has 0 unspecified atom stereocenters. The zero-order valence-corrected chi connectivity index (χ0v) is 16.2. The van der Waals surface area contributed by atoms with Gasteiger partial charge in [-0.2, -0.15) is 0 Å². The number of likely N-dealkylation sites (tertiary alicyclic amines) is 1. The second kappa shape index (κ2) is 7.44. The molecule has 0 atom stereocenters. The molecule has 2 aromatic carbocycles. The fourth-order valence-corrected chi connectivity index (χ4v) is 5.30. The van der Waals surface area contributed by atoms with Gasteiger partial charge in [0, 0.05) is 18.5 Å². The maximum absolute atomic E-state index is 13.1. The van der Waals surface area contributed by atoms with Crippen molar-refractivity contribution in [3.8, 4) is 0 Å². The van der Waals surface area contributed by atoms with Gasteiger partial charge in [0.05, 0.1) is 10.1 Å². The fraction of sp³-hybridized carbons (Fsp3) is 0.238. The van der Waals surface area contributed by atoms with Crippen molar-refractivity contribution in [2.45, 2.75) is 23.0 Å². The van der Waals surface area contributed by atoms with Gasteiger partial charge in [0.1, 0.15) is 17.0 Å². The lowest BCUT2D eigenvalue weighted by Gasteiger charge is -2.31. The summed E-state index contributed by atoms with van der Waals surface area (Å²) in [5.74, 6) is -0.972. The largest absolute Gasteiger partial charge is 0.422 e. The first-order chi connectivity index (χ1) is 13.9. The van der Waals surface area contributed by atoms with Crippen LogP contribution >= 0.6 is 0 Å². The minimum atomic E-state index is -3.61.